The Kier molecular flexibility index (Phi) is 6.59. The SMILES string of the molecule is COc1ccc(-c2cc(C)nc(SCC(=O)c3cc(C)c(C)cc3C)c2C#N)cc1. The van der Waals surface area contributed by atoms with E-state index in [9.17, 15) is 10.1 Å². The number of pyridine rings is 1. The van der Waals surface area contributed by atoms with Gasteiger partial charge in [0.1, 0.15) is 16.8 Å². The molecule has 1 heterocycles. The van der Waals surface area contributed by atoms with Crippen molar-refractivity contribution in [2.45, 2.75) is 32.7 Å². The second kappa shape index (κ2) is 9.15. The molecule has 0 aliphatic rings. The van der Waals surface area contributed by atoms with Crippen molar-refractivity contribution in [2.75, 3.05) is 12.9 Å². The molecule has 0 aliphatic heterocycles. The van der Waals surface area contributed by atoms with Gasteiger partial charge in [-0.25, -0.2) is 4.98 Å². The Morgan fingerprint density at radius 2 is 1.70 bits per heavy atom. The van der Waals surface area contributed by atoms with Crippen LogP contribution in [0.4, 0.5) is 0 Å². The number of hydrogen-bond donors (Lipinski definition) is 0. The lowest BCUT2D eigenvalue weighted by Gasteiger charge is -2.12. The van der Waals surface area contributed by atoms with Gasteiger partial charge in [0.15, 0.2) is 5.78 Å². The van der Waals surface area contributed by atoms with Crippen molar-refractivity contribution < 1.29 is 9.53 Å². The van der Waals surface area contributed by atoms with Gasteiger partial charge in [0, 0.05) is 16.8 Å². The number of carbonyl (C=O) groups excluding carboxylic acids is 1. The largest absolute Gasteiger partial charge is 0.497 e. The highest BCUT2D eigenvalue weighted by atomic mass is 32.2. The zero-order valence-corrected chi connectivity index (χ0v) is 18.7. The summed E-state index contributed by atoms with van der Waals surface area (Å²) < 4.78 is 5.22. The number of ketones is 1. The summed E-state index contributed by atoms with van der Waals surface area (Å²) in [5.41, 5.74) is 6.99. The number of aromatic nitrogens is 1. The van der Waals surface area contributed by atoms with Crippen molar-refractivity contribution in [3.8, 4) is 22.9 Å². The number of ether oxygens (including phenoxy) is 1. The Labute approximate surface area is 181 Å². The molecule has 30 heavy (non-hydrogen) atoms. The first-order valence-corrected chi connectivity index (χ1v) is 10.6. The molecular formula is C25H24N2O2S. The van der Waals surface area contributed by atoms with Crippen LogP contribution in [0.25, 0.3) is 11.1 Å². The van der Waals surface area contributed by atoms with Crippen LogP contribution in [0.15, 0.2) is 47.5 Å². The quantitative estimate of drug-likeness (QED) is 0.373. The fourth-order valence-corrected chi connectivity index (χ4v) is 4.26. The van der Waals surface area contributed by atoms with E-state index >= 15 is 0 Å². The molecule has 0 radical (unpaired) electrons. The molecule has 0 saturated carbocycles. The lowest BCUT2D eigenvalue weighted by Crippen LogP contribution is -2.07. The summed E-state index contributed by atoms with van der Waals surface area (Å²) in [6.45, 7) is 7.91. The maximum atomic E-state index is 12.9. The van der Waals surface area contributed by atoms with E-state index in [0.717, 1.165) is 39.3 Å². The van der Waals surface area contributed by atoms with Crippen molar-refractivity contribution >= 4 is 17.5 Å². The first-order chi connectivity index (χ1) is 14.3. The Hall–Kier alpha value is -3.10. The fraction of sp³-hybridized carbons (Fsp3) is 0.240. The van der Waals surface area contributed by atoms with E-state index < -0.39 is 0 Å². The molecule has 0 bridgehead atoms. The number of Topliss-reactive ketones (excluding diaryl/α,β-unsaturated/α-hetero) is 1. The standard InChI is InChI=1S/C25H24N2O2S/c1-15-10-17(3)21(11-16(15)2)24(28)14-30-25-23(13-26)22(12-18(4)27-25)19-6-8-20(29-5)9-7-19/h6-12H,14H2,1-5H3. The molecule has 0 amide bonds. The number of nitriles is 1. The topological polar surface area (TPSA) is 63.0 Å². The molecular weight excluding hydrogens is 392 g/mol. The second-order valence-electron chi connectivity index (χ2n) is 7.29. The van der Waals surface area contributed by atoms with Crippen molar-refractivity contribution in [1.82, 2.24) is 4.98 Å². The third kappa shape index (κ3) is 4.55. The third-order valence-corrected chi connectivity index (χ3v) is 6.08. The van der Waals surface area contributed by atoms with Crippen LogP contribution in [-0.2, 0) is 0 Å². The summed E-state index contributed by atoms with van der Waals surface area (Å²) in [5, 5.41) is 10.4. The van der Waals surface area contributed by atoms with Gasteiger partial charge in [-0.3, -0.25) is 4.79 Å². The maximum absolute atomic E-state index is 12.9. The van der Waals surface area contributed by atoms with Gasteiger partial charge >= 0.3 is 0 Å². The van der Waals surface area contributed by atoms with Crippen molar-refractivity contribution in [3.63, 3.8) is 0 Å². The third-order valence-electron chi connectivity index (χ3n) is 5.11. The van der Waals surface area contributed by atoms with Crippen LogP contribution in [0.1, 0.15) is 38.3 Å². The van der Waals surface area contributed by atoms with E-state index in [-0.39, 0.29) is 11.5 Å². The monoisotopic (exact) mass is 416 g/mol. The Balaban J connectivity index is 1.91. The highest BCUT2D eigenvalue weighted by Crippen LogP contribution is 2.32. The molecule has 0 atom stereocenters. The van der Waals surface area contributed by atoms with Crippen molar-refractivity contribution in [1.29, 1.82) is 5.26 Å². The minimum absolute atomic E-state index is 0.0405. The molecule has 4 nitrogen and oxygen atoms in total. The van der Waals surface area contributed by atoms with Crippen LogP contribution in [0.5, 0.6) is 5.75 Å². The Morgan fingerprint density at radius 3 is 2.33 bits per heavy atom. The molecule has 0 aliphatic carbocycles. The van der Waals surface area contributed by atoms with E-state index in [4.69, 9.17) is 4.74 Å². The van der Waals surface area contributed by atoms with Crippen LogP contribution in [0, 0.1) is 39.0 Å². The van der Waals surface area contributed by atoms with Gasteiger partial charge in [-0.05, 0) is 74.2 Å². The average molecular weight is 417 g/mol. The van der Waals surface area contributed by atoms with Crippen LogP contribution >= 0.6 is 11.8 Å². The van der Waals surface area contributed by atoms with Gasteiger partial charge in [-0.1, -0.05) is 30.0 Å². The number of aryl methyl sites for hydroxylation is 4. The minimum Gasteiger partial charge on any atom is -0.497 e. The summed E-state index contributed by atoms with van der Waals surface area (Å²) in [5.74, 6) is 1.03. The van der Waals surface area contributed by atoms with E-state index in [0.29, 0.717) is 10.6 Å². The smallest absolute Gasteiger partial charge is 0.173 e. The summed E-state index contributed by atoms with van der Waals surface area (Å²) in [6.07, 6.45) is 0. The van der Waals surface area contributed by atoms with Crippen LogP contribution in [-0.4, -0.2) is 23.6 Å². The van der Waals surface area contributed by atoms with Crippen LogP contribution < -0.4 is 4.74 Å². The molecule has 3 aromatic rings. The second-order valence-corrected chi connectivity index (χ2v) is 8.26. The highest BCUT2D eigenvalue weighted by molar-refractivity contribution is 8.00. The predicted molar refractivity (Wildman–Crippen MR) is 121 cm³/mol. The summed E-state index contributed by atoms with van der Waals surface area (Å²) in [6, 6.07) is 15.8. The van der Waals surface area contributed by atoms with Gasteiger partial charge < -0.3 is 4.74 Å². The molecule has 152 valence electrons. The zero-order chi connectivity index (χ0) is 21.8. The van der Waals surface area contributed by atoms with E-state index in [1.807, 2.05) is 70.2 Å². The number of rotatable bonds is 6. The Morgan fingerprint density at radius 1 is 1.03 bits per heavy atom. The number of hydrogen-bond acceptors (Lipinski definition) is 5. The number of benzene rings is 2. The number of thioether (sulfide) groups is 1. The van der Waals surface area contributed by atoms with E-state index in [2.05, 4.69) is 11.1 Å². The van der Waals surface area contributed by atoms with Gasteiger partial charge in [-0.2, -0.15) is 5.26 Å². The molecule has 2 aromatic carbocycles. The van der Waals surface area contributed by atoms with Crippen LogP contribution in [0.3, 0.4) is 0 Å². The maximum Gasteiger partial charge on any atom is 0.173 e. The summed E-state index contributed by atoms with van der Waals surface area (Å²) >= 11 is 1.32. The number of methoxy groups -OCH3 is 1. The lowest BCUT2D eigenvalue weighted by molar-refractivity contribution is 0.102. The first kappa shape index (κ1) is 21.6. The van der Waals surface area contributed by atoms with Gasteiger partial charge in [0.05, 0.1) is 18.4 Å². The number of nitrogens with zero attached hydrogens (tertiary/aromatic N) is 2. The predicted octanol–water partition coefficient (Wildman–Crippen LogP) is 5.84. The van der Waals surface area contributed by atoms with Crippen molar-refractivity contribution in [2.24, 2.45) is 0 Å². The molecule has 0 N–H and O–H groups in total. The summed E-state index contributed by atoms with van der Waals surface area (Å²) in [4.78, 5) is 17.4. The zero-order valence-electron chi connectivity index (χ0n) is 17.9. The molecule has 0 unspecified atom stereocenters. The first-order valence-electron chi connectivity index (χ1n) is 9.64. The molecule has 0 fully saturated rings. The summed E-state index contributed by atoms with van der Waals surface area (Å²) in [7, 11) is 1.62. The average Bonchev–Trinajstić information content (AvgIpc) is 2.74. The molecule has 1 aromatic heterocycles. The minimum atomic E-state index is 0.0405. The number of carbonyl (C=O) groups is 1. The molecule has 0 saturated heterocycles. The fourth-order valence-electron chi connectivity index (χ4n) is 3.33. The molecule has 5 heteroatoms. The normalized spacial score (nSPS) is 10.5. The molecule has 3 rings (SSSR count). The highest BCUT2D eigenvalue weighted by Gasteiger charge is 2.17. The van der Waals surface area contributed by atoms with Gasteiger partial charge in [-0.15, -0.1) is 0 Å². The Bertz CT molecular complexity index is 1150. The molecule has 0 spiro atoms. The van der Waals surface area contributed by atoms with Crippen molar-refractivity contribution in [3.05, 3.63) is 76.0 Å². The van der Waals surface area contributed by atoms with E-state index in [1.165, 1.54) is 17.3 Å². The van der Waals surface area contributed by atoms with E-state index in [1.54, 1.807) is 7.11 Å². The van der Waals surface area contributed by atoms with Gasteiger partial charge in [0.2, 0.25) is 0 Å². The lowest BCUT2D eigenvalue weighted by atomic mass is 9.99. The van der Waals surface area contributed by atoms with Gasteiger partial charge in [0.25, 0.3) is 0 Å². The van der Waals surface area contributed by atoms with Crippen LogP contribution in [0.2, 0.25) is 0 Å².